The molecule has 0 aromatic heterocycles. The van der Waals surface area contributed by atoms with E-state index in [-0.39, 0.29) is 23.3 Å². The molecule has 1 aromatic carbocycles. The molecule has 1 aliphatic heterocycles. The first-order valence-electron chi connectivity index (χ1n) is 8.82. The summed E-state index contributed by atoms with van der Waals surface area (Å²) in [5, 5.41) is 3.22. The second kappa shape index (κ2) is 6.46. The Morgan fingerprint density at radius 1 is 1.25 bits per heavy atom. The number of hydrogen-bond donors (Lipinski definition) is 2. The van der Waals surface area contributed by atoms with E-state index in [2.05, 4.69) is 37.4 Å². The number of nitrogens with one attached hydrogen (secondary N) is 1. The van der Waals surface area contributed by atoms with Gasteiger partial charge < -0.3 is 16.0 Å². The Balaban J connectivity index is 1.72. The van der Waals surface area contributed by atoms with Gasteiger partial charge in [0, 0.05) is 13.1 Å². The van der Waals surface area contributed by atoms with Crippen molar-refractivity contribution < 1.29 is 9.59 Å². The number of amides is 3. The summed E-state index contributed by atoms with van der Waals surface area (Å²) in [4.78, 5) is 25.7. The molecule has 3 rings (SSSR count). The number of rotatable bonds is 2. The highest BCUT2D eigenvalue weighted by Gasteiger charge is 2.35. The molecule has 3 N–H and O–H groups in total. The molecule has 2 aliphatic rings. The summed E-state index contributed by atoms with van der Waals surface area (Å²) >= 11 is 0. The Kier molecular flexibility index (Phi) is 4.52. The van der Waals surface area contributed by atoms with Crippen LogP contribution in [0.15, 0.2) is 24.3 Å². The third-order valence-electron chi connectivity index (χ3n) is 5.54. The Morgan fingerprint density at radius 3 is 2.75 bits per heavy atom. The first-order valence-corrected chi connectivity index (χ1v) is 8.82. The van der Waals surface area contributed by atoms with Crippen molar-refractivity contribution in [2.45, 2.75) is 51.0 Å². The van der Waals surface area contributed by atoms with Gasteiger partial charge in [-0.3, -0.25) is 4.79 Å². The number of nitrogens with zero attached hydrogens (tertiary/aromatic N) is 1. The molecular weight excluding hydrogens is 302 g/mol. The van der Waals surface area contributed by atoms with Crippen LogP contribution in [-0.4, -0.2) is 29.9 Å². The van der Waals surface area contributed by atoms with E-state index < -0.39 is 6.03 Å². The Labute approximate surface area is 143 Å². The number of nitrogens with two attached hydrogens (primary N) is 1. The van der Waals surface area contributed by atoms with E-state index in [9.17, 15) is 9.59 Å². The summed E-state index contributed by atoms with van der Waals surface area (Å²) < 4.78 is 0. The van der Waals surface area contributed by atoms with Crippen LogP contribution in [0.4, 0.5) is 4.79 Å². The van der Waals surface area contributed by atoms with Crippen LogP contribution < -0.4 is 11.1 Å². The van der Waals surface area contributed by atoms with E-state index in [0.29, 0.717) is 13.1 Å². The Hall–Kier alpha value is -2.04. The van der Waals surface area contributed by atoms with Crippen molar-refractivity contribution in [1.82, 2.24) is 10.2 Å². The smallest absolute Gasteiger partial charge is 0.314 e. The minimum Gasteiger partial charge on any atom is -0.351 e. The molecule has 1 fully saturated rings. The molecule has 3 amide bonds. The first-order chi connectivity index (χ1) is 11.4. The highest BCUT2D eigenvalue weighted by atomic mass is 16.2. The van der Waals surface area contributed by atoms with Crippen molar-refractivity contribution in [2.75, 3.05) is 13.1 Å². The van der Waals surface area contributed by atoms with Crippen LogP contribution in [0.25, 0.3) is 0 Å². The summed E-state index contributed by atoms with van der Waals surface area (Å²) in [6, 6.07) is 8.02. The van der Waals surface area contributed by atoms with Crippen LogP contribution >= 0.6 is 0 Å². The standard InChI is InChI=1S/C19H27N3O2/c1-19(2)10-9-16(14-7-3-4-8-15(14)19)21-17(23)13-6-5-11-22(12-13)18(20)24/h3-4,7-8,13,16H,5-6,9-12H2,1-2H3,(H2,20,24)(H,21,23). The van der Waals surface area contributed by atoms with Gasteiger partial charge in [0.05, 0.1) is 12.0 Å². The molecule has 5 heteroatoms. The summed E-state index contributed by atoms with van der Waals surface area (Å²) in [5.74, 6) is -0.117. The average Bonchev–Trinajstić information content (AvgIpc) is 2.58. The van der Waals surface area contributed by atoms with E-state index in [1.807, 2.05) is 6.07 Å². The highest BCUT2D eigenvalue weighted by molar-refractivity contribution is 5.81. The van der Waals surface area contributed by atoms with Crippen LogP contribution in [0.1, 0.15) is 56.7 Å². The molecule has 0 bridgehead atoms. The summed E-state index contributed by atoms with van der Waals surface area (Å²) in [6.07, 6.45) is 3.64. The molecule has 2 unspecified atom stereocenters. The fourth-order valence-electron chi connectivity index (χ4n) is 4.04. The van der Waals surface area contributed by atoms with Gasteiger partial charge in [-0.25, -0.2) is 4.79 Å². The number of likely N-dealkylation sites (tertiary alicyclic amines) is 1. The molecule has 2 atom stereocenters. The van der Waals surface area contributed by atoms with E-state index in [1.165, 1.54) is 11.1 Å². The van der Waals surface area contributed by atoms with Crippen LogP contribution in [0.5, 0.6) is 0 Å². The predicted molar refractivity (Wildman–Crippen MR) is 93.5 cm³/mol. The Bertz CT molecular complexity index is 641. The molecule has 1 saturated heterocycles. The lowest BCUT2D eigenvalue weighted by Crippen LogP contribution is -2.48. The third-order valence-corrected chi connectivity index (χ3v) is 5.54. The van der Waals surface area contributed by atoms with Gasteiger partial charge in [-0.15, -0.1) is 0 Å². The number of urea groups is 1. The molecule has 0 radical (unpaired) electrons. The monoisotopic (exact) mass is 329 g/mol. The molecule has 1 heterocycles. The van der Waals surface area contributed by atoms with Crippen molar-refractivity contribution in [3.8, 4) is 0 Å². The number of hydrogen-bond acceptors (Lipinski definition) is 2. The number of benzene rings is 1. The lowest BCUT2D eigenvalue weighted by molar-refractivity contribution is -0.127. The molecule has 5 nitrogen and oxygen atoms in total. The van der Waals surface area contributed by atoms with Crippen molar-refractivity contribution in [3.63, 3.8) is 0 Å². The van der Waals surface area contributed by atoms with Crippen molar-refractivity contribution in [3.05, 3.63) is 35.4 Å². The first kappa shape index (κ1) is 16.8. The second-order valence-corrected chi connectivity index (χ2v) is 7.69. The van der Waals surface area contributed by atoms with Crippen molar-refractivity contribution in [1.29, 1.82) is 0 Å². The van der Waals surface area contributed by atoms with Crippen LogP contribution in [-0.2, 0) is 10.2 Å². The molecular formula is C19H27N3O2. The maximum absolute atomic E-state index is 12.7. The zero-order valence-electron chi connectivity index (χ0n) is 14.5. The molecule has 1 aliphatic carbocycles. The van der Waals surface area contributed by atoms with Gasteiger partial charge in [-0.1, -0.05) is 38.1 Å². The molecule has 0 saturated carbocycles. The van der Waals surface area contributed by atoms with Crippen LogP contribution in [0.2, 0.25) is 0 Å². The predicted octanol–water partition coefficient (Wildman–Crippen LogP) is 2.71. The normalized spacial score (nSPS) is 25.7. The minimum atomic E-state index is -0.433. The average molecular weight is 329 g/mol. The molecule has 24 heavy (non-hydrogen) atoms. The number of carbonyl (C=O) groups excluding carboxylic acids is 2. The highest BCUT2D eigenvalue weighted by Crippen LogP contribution is 2.41. The van der Waals surface area contributed by atoms with Gasteiger partial charge in [0.15, 0.2) is 0 Å². The van der Waals surface area contributed by atoms with Gasteiger partial charge in [-0.2, -0.15) is 0 Å². The van der Waals surface area contributed by atoms with Crippen molar-refractivity contribution in [2.24, 2.45) is 11.7 Å². The summed E-state index contributed by atoms with van der Waals surface area (Å²) in [7, 11) is 0. The fourth-order valence-corrected chi connectivity index (χ4v) is 4.04. The van der Waals surface area contributed by atoms with Crippen molar-refractivity contribution >= 4 is 11.9 Å². The number of fused-ring (bicyclic) bond motifs is 1. The molecule has 1 aromatic rings. The van der Waals surface area contributed by atoms with Gasteiger partial charge in [-0.05, 0) is 42.2 Å². The zero-order valence-corrected chi connectivity index (χ0v) is 14.5. The molecule has 130 valence electrons. The summed E-state index contributed by atoms with van der Waals surface area (Å²) in [5.41, 5.74) is 8.06. The zero-order chi connectivity index (χ0) is 17.3. The van der Waals surface area contributed by atoms with E-state index in [1.54, 1.807) is 4.90 Å². The van der Waals surface area contributed by atoms with E-state index in [0.717, 1.165) is 25.7 Å². The largest absolute Gasteiger partial charge is 0.351 e. The SMILES string of the molecule is CC1(C)CCC(NC(=O)C2CCCN(C(N)=O)C2)c2ccccc21. The minimum absolute atomic E-state index is 0.0421. The number of piperidine rings is 1. The fraction of sp³-hybridized carbons (Fsp3) is 0.579. The van der Waals surface area contributed by atoms with E-state index >= 15 is 0 Å². The number of carbonyl (C=O) groups is 2. The summed E-state index contributed by atoms with van der Waals surface area (Å²) in [6.45, 7) is 5.60. The van der Waals surface area contributed by atoms with Gasteiger partial charge in [0.1, 0.15) is 0 Å². The van der Waals surface area contributed by atoms with Gasteiger partial charge in [0.2, 0.25) is 5.91 Å². The Morgan fingerprint density at radius 2 is 2.00 bits per heavy atom. The maximum Gasteiger partial charge on any atom is 0.314 e. The molecule has 0 spiro atoms. The number of primary amides is 1. The quantitative estimate of drug-likeness (QED) is 0.875. The second-order valence-electron chi connectivity index (χ2n) is 7.69. The van der Waals surface area contributed by atoms with Crippen LogP contribution in [0, 0.1) is 5.92 Å². The maximum atomic E-state index is 12.7. The van der Waals surface area contributed by atoms with Crippen LogP contribution in [0.3, 0.4) is 0 Å². The van der Waals surface area contributed by atoms with Gasteiger partial charge in [0.25, 0.3) is 0 Å². The lowest BCUT2D eigenvalue weighted by atomic mass is 9.71. The van der Waals surface area contributed by atoms with Gasteiger partial charge >= 0.3 is 6.03 Å². The van der Waals surface area contributed by atoms with E-state index in [4.69, 9.17) is 5.73 Å². The third kappa shape index (κ3) is 3.25. The topological polar surface area (TPSA) is 75.4 Å². The lowest BCUT2D eigenvalue weighted by Gasteiger charge is -2.38.